The third-order valence-electron chi connectivity index (χ3n) is 3.19. The lowest BCUT2D eigenvalue weighted by Gasteiger charge is -2.22. The van der Waals surface area contributed by atoms with Crippen molar-refractivity contribution in [3.05, 3.63) is 12.1 Å². The van der Waals surface area contributed by atoms with E-state index in [2.05, 4.69) is 4.98 Å². The van der Waals surface area contributed by atoms with Crippen LogP contribution in [0.25, 0.3) is 11.0 Å². The van der Waals surface area contributed by atoms with Gasteiger partial charge in [-0.3, -0.25) is 4.57 Å². The van der Waals surface area contributed by atoms with E-state index >= 15 is 0 Å². The highest BCUT2D eigenvalue weighted by Crippen LogP contribution is 2.42. The molecule has 0 spiro atoms. The molecule has 0 saturated heterocycles. The average molecular weight is 337 g/mol. The van der Waals surface area contributed by atoms with E-state index in [4.69, 9.17) is 21.1 Å². The number of nitrogens with zero attached hydrogens (tertiary/aromatic N) is 2. The van der Waals surface area contributed by atoms with Gasteiger partial charge in [0.2, 0.25) is 0 Å². The van der Waals surface area contributed by atoms with Crippen molar-refractivity contribution in [3.8, 4) is 11.5 Å². The summed E-state index contributed by atoms with van der Waals surface area (Å²) in [5.74, 6) is 1.84. The van der Waals surface area contributed by atoms with Crippen LogP contribution in [0, 0.1) is 0 Å². The molecule has 2 aromatic rings. The van der Waals surface area contributed by atoms with Crippen LogP contribution in [0.1, 0.15) is 0 Å². The molecule has 1 aromatic carbocycles. The molecule has 0 saturated carbocycles. The molecule has 1 aromatic heterocycles. The molecule has 8 heteroatoms. The SMILES string of the molecule is COc1cc2nc3n(c2cc1OC)C(O)(CCl)CS3.Cl. The molecular weight excluding hydrogens is 323 g/mol. The second kappa shape index (κ2) is 5.52. The fourth-order valence-electron chi connectivity index (χ4n) is 2.22. The highest BCUT2D eigenvalue weighted by Gasteiger charge is 2.39. The van der Waals surface area contributed by atoms with Crippen molar-refractivity contribution in [2.24, 2.45) is 0 Å². The van der Waals surface area contributed by atoms with Gasteiger partial charge in [0, 0.05) is 12.1 Å². The molecular formula is C12H14Cl2N2O3S. The first-order valence-electron chi connectivity index (χ1n) is 5.69. The van der Waals surface area contributed by atoms with E-state index in [0.29, 0.717) is 17.3 Å². The molecule has 1 N–H and O–H groups in total. The van der Waals surface area contributed by atoms with Crippen LogP contribution < -0.4 is 9.47 Å². The van der Waals surface area contributed by atoms with Crippen molar-refractivity contribution in [1.82, 2.24) is 9.55 Å². The quantitative estimate of drug-likeness (QED) is 0.872. The number of hydrogen-bond acceptors (Lipinski definition) is 5. The molecule has 20 heavy (non-hydrogen) atoms. The molecule has 1 unspecified atom stereocenters. The van der Waals surface area contributed by atoms with Gasteiger partial charge in [0.25, 0.3) is 0 Å². The zero-order valence-electron chi connectivity index (χ0n) is 10.9. The maximum atomic E-state index is 10.5. The van der Waals surface area contributed by atoms with E-state index in [1.54, 1.807) is 24.9 Å². The van der Waals surface area contributed by atoms with Gasteiger partial charge in [-0.2, -0.15) is 0 Å². The second-order valence-electron chi connectivity index (χ2n) is 4.33. The summed E-state index contributed by atoms with van der Waals surface area (Å²) < 4.78 is 12.3. The van der Waals surface area contributed by atoms with Gasteiger partial charge in [-0.25, -0.2) is 4.98 Å². The van der Waals surface area contributed by atoms with Gasteiger partial charge in [-0.1, -0.05) is 11.8 Å². The Balaban J connectivity index is 0.00000147. The third kappa shape index (κ3) is 2.11. The Kier molecular flexibility index (Phi) is 4.30. The Morgan fingerprint density at radius 1 is 1.40 bits per heavy atom. The van der Waals surface area contributed by atoms with Crippen LogP contribution in [-0.4, -0.2) is 40.5 Å². The van der Waals surface area contributed by atoms with Gasteiger partial charge < -0.3 is 14.6 Å². The number of alkyl halides is 1. The number of rotatable bonds is 3. The van der Waals surface area contributed by atoms with E-state index in [9.17, 15) is 5.11 Å². The number of aliphatic hydroxyl groups is 1. The fraction of sp³-hybridized carbons (Fsp3) is 0.417. The van der Waals surface area contributed by atoms with Crippen molar-refractivity contribution >= 4 is 46.8 Å². The summed E-state index contributed by atoms with van der Waals surface area (Å²) in [7, 11) is 3.16. The molecule has 0 bridgehead atoms. The molecule has 1 aliphatic rings. The fourth-order valence-corrected chi connectivity index (χ4v) is 3.70. The van der Waals surface area contributed by atoms with Crippen LogP contribution >= 0.6 is 35.8 Å². The zero-order chi connectivity index (χ0) is 13.6. The maximum absolute atomic E-state index is 10.5. The zero-order valence-corrected chi connectivity index (χ0v) is 13.3. The summed E-state index contributed by atoms with van der Waals surface area (Å²) in [6.45, 7) is 0. The number of aromatic nitrogens is 2. The number of benzene rings is 1. The van der Waals surface area contributed by atoms with Crippen molar-refractivity contribution in [1.29, 1.82) is 0 Å². The van der Waals surface area contributed by atoms with E-state index in [1.807, 2.05) is 6.07 Å². The van der Waals surface area contributed by atoms with Crippen molar-refractivity contribution in [3.63, 3.8) is 0 Å². The molecule has 1 aliphatic heterocycles. The van der Waals surface area contributed by atoms with Gasteiger partial charge >= 0.3 is 0 Å². The summed E-state index contributed by atoms with van der Waals surface area (Å²) in [4.78, 5) is 4.49. The lowest BCUT2D eigenvalue weighted by Crippen LogP contribution is -2.34. The minimum Gasteiger partial charge on any atom is -0.493 e. The molecule has 0 aliphatic carbocycles. The van der Waals surface area contributed by atoms with Gasteiger partial charge in [0.1, 0.15) is 0 Å². The van der Waals surface area contributed by atoms with Crippen LogP contribution in [0.2, 0.25) is 0 Å². The number of halogens is 2. The van der Waals surface area contributed by atoms with Crippen molar-refractivity contribution in [2.75, 3.05) is 25.9 Å². The Bertz CT molecular complexity index is 649. The third-order valence-corrected chi connectivity index (χ3v) is 4.76. The molecule has 2 heterocycles. The highest BCUT2D eigenvalue weighted by atomic mass is 35.5. The molecule has 0 amide bonds. The Morgan fingerprint density at radius 3 is 2.65 bits per heavy atom. The molecule has 3 rings (SSSR count). The predicted molar refractivity (Wildman–Crippen MR) is 81.7 cm³/mol. The summed E-state index contributed by atoms with van der Waals surface area (Å²) in [5.41, 5.74) is 0.444. The molecule has 1 atom stereocenters. The minimum atomic E-state index is -1.10. The van der Waals surface area contributed by atoms with Gasteiger partial charge in [0.15, 0.2) is 22.4 Å². The Labute approximate surface area is 131 Å². The summed E-state index contributed by atoms with van der Waals surface area (Å²) in [6, 6.07) is 3.61. The number of methoxy groups -OCH3 is 2. The Morgan fingerprint density at radius 2 is 2.05 bits per heavy atom. The molecule has 0 fully saturated rings. The van der Waals surface area contributed by atoms with Gasteiger partial charge in [0.05, 0.1) is 36.9 Å². The van der Waals surface area contributed by atoms with E-state index < -0.39 is 5.72 Å². The highest BCUT2D eigenvalue weighted by molar-refractivity contribution is 7.99. The normalized spacial score (nSPS) is 20.6. The summed E-state index contributed by atoms with van der Waals surface area (Å²) in [6.07, 6.45) is 0. The second-order valence-corrected chi connectivity index (χ2v) is 5.54. The smallest absolute Gasteiger partial charge is 0.171 e. The van der Waals surface area contributed by atoms with Crippen LogP contribution in [-0.2, 0) is 5.72 Å². The summed E-state index contributed by atoms with van der Waals surface area (Å²) in [5, 5.41) is 11.3. The Hall–Kier alpha value is -0.820. The maximum Gasteiger partial charge on any atom is 0.171 e. The first kappa shape index (κ1) is 15.6. The molecule has 0 radical (unpaired) electrons. The van der Waals surface area contributed by atoms with E-state index in [-0.39, 0.29) is 18.3 Å². The number of hydrogen-bond donors (Lipinski definition) is 1. The largest absolute Gasteiger partial charge is 0.493 e. The van der Waals surface area contributed by atoms with Crippen LogP contribution in [0.3, 0.4) is 0 Å². The lowest BCUT2D eigenvalue weighted by molar-refractivity contribution is 0.0135. The van der Waals surface area contributed by atoms with Gasteiger partial charge in [-0.15, -0.1) is 24.0 Å². The molecule has 110 valence electrons. The number of imidazole rings is 1. The molecule has 5 nitrogen and oxygen atoms in total. The first-order valence-corrected chi connectivity index (χ1v) is 7.21. The lowest BCUT2D eigenvalue weighted by atomic mass is 10.2. The van der Waals surface area contributed by atoms with E-state index in [0.717, 1.165) is 16.2 Å². The number of thioether (sulfide) groups is 1. The minimum absolute atomic E-state index is 0. The van der Waals surface area contributed by atoms with Crippen molar-refractivity contribution < 1.29 is 14.6 Å². The van der Waals surface area contributed by atoms with Crippen molar-refractivity contribution in [2.45, 2.75) is 10.9 Å². The van der Waals surface area contributed by atoms with E-state index in [1.165, 1.54) is 11.8 Å². The summed E-state index contributed by atoms with van der Waals surface area (Å²) >= 11 is 7.39. The van der Waals surface area contributed by atoms with Crippen LogP contribution in [0.5, 0.6) is 11.5 Å². The van der Waals surface area contributed by atoms with Gasteiger partial charge in [-0.05, 0) is 0 Å². The number of fused-ring (bicyclic) bond motifs is 3. The van der Waals surface area contributed by atoms with Crippen LogP contribution in [0.15, 0.2) is 17.3 Å². The van der Waals surface area contributed by atoms with Crippen LogP contribution in [0.4, 0.5) is 0 Å². The number of ether oxygens (including phenoxy) is 2. The standard InChI is InChI=1S/C12H13ClN2O3S.ClH/c1-17-9-3-7-8(4-10(9)18-2)15-11(14-7)19-6-12(15,16)5-13;/h3-4,16H,5-6H2,1-2H3;1H. The average Bonchev–Trinajstić information content (AvgIpc) is 2.95. The first-order chi connectivity index (χ1) is 9.12. The predicted octanol–water partition coefficient (Wildman–Crippen LogP) is 2.46. The topological polar surface area (TPSA) is 56.5 Å². The monoisotopic (exact) mass is 336 g/mol.